The normalized spacial score (nSPS) is 24.5. The Balaban J connectivity index is 1.99. The van der Waals surface area contributed by atoms with Crippen LogP contribution in [0.3, 0.4) is 0 Å². The summed E-state index contributed by atoms with van der Waals surface area (Å²) in [5.74, 6) is -0.127. The van der Waals surface area contributed by atoms with E-state index in [0.717, 1.165) is 4.47 Å². The van der Waals surface area contributed by atoms with Gasteiger partial charge in [0.05, 0.1) is 30.3 Å². The number of rotatable bonds is 2. The highest BCUT2D eigenvalue weighted by Gasteiger charge is 2.50. The van der Waals surface area contributed by atoms with E-state index < -0.39 is 4.92 Å². The van der Waals surface area contributed by atoms with Crippen molar-refractivity contribution in [3.8, 4) is 0 Å². The van der Waals surface area contributed by atoms with Crippen LogP contribution in [0.4, 0.5) is 11.5 Å². The Morgan fingerprint density at radius 2 is 2.35 bits per heavy atom. The van der Waals surface area contributed by atoms with Crippen molar-refractivity contribution >= 4 is 27.4 Å². The number of halogens is 1. The van der Waals surface area contributed by atoms with Crippen molar-refractivity contribution in [2.45, 2.75) is 18.6 Å². The topological polar surface area (TPSA) is 77.7 Å². The number of hydrogen-bond acceptors (Lipinski definition) is 6. The fourth-order valence-corrected chi connectivity index (χ4v) is 2.99. The first-order valence-corrected chi connectivity index (χ1v) is 7.11. The summed E-state index contributed by atoms with van der Waals surface area (Å²) < 4.78 is 11.8. The first-order chi connectivity index (χ1) is 9.53. The molecule has 0 radical (unpaired) electrons. The fraction of sp³-hybridized carbons (Fsp3) is 0.583. The van der Waals surface area contributed by atoms with Crippen molar-refractivity contribution in [2.75, 3.05) is 31.3 Å². The van der Waals surface area contributed by atoms with Crippen molar-refractivity contribution in [2.24, 2.45) is 0 Å². The third kappa shape index (κ3) is 2.07. The molecule has 0 aliphatic carbocycles. The molecule has 0 N–H and O–H groups in total. The van der Waals surface area contributed by atoms with Crippen molar-refractivity contribution in [3.63, 3.8) is 0 Å². The number of morpholine rings is 1. The van der Waals surface area contributed by atoms with Gasteiger partial charge in [0.2, 0.25) is 0 Å². The van der Waals surface area contributed by atoms with E-state index in [1.807, 2.05) is 11.8 Å². The highest BCUT2D eigenvalue weighted by atomic mass is 79.9. The Kier molecular flexibility index (Phi) is 3.39. The van der Waals surface area contributed by atoms with Gasteiger partial charge in [0.1, 0.15) is 11.3 Å². The van der Waals surface area contributed by atoms with Gasteiger partial charge in [-0.05, 0) is 38.8 Å². The number of aromatic nitrogens is 1. The Labute approximate surface area is 124 Å². The lowest BCUT2D eigenvalue weighted by Gasteiger charge is -2.53. The fourth-order valence-electron chi connectivity index (χ4n) is 2.68. The minimum Gasteiger partial charge on any atom is -0.375 e. The van der Waals surface area contributed by atoms with E-state index in [0.29, 0.717) is 32.1 Å². The standard InChI is InChI=1S/C12H14BrN3O4/c1-8-12(6-19-7-12)20-3-2-15(8)10-4-9(13)5-14-11(10)16(17)18/h4-5,8H,2-3,6-7H2,1H3/t8-/m0/s1. The molecule has 1 aromatic heterocycles. The molecule has 0 unspecified atom stereocenters. The predicted octanol–water partition coefficient (Wildman–Crippen LogP) is 1.75. The third-order valence-electron chi connectivity index (χ3n) is 3.94. The first kappa shape index (κ1) is 13.7. The van der Waals surface area contributed by atoms with E-state index in [1.54, 1.807) is 6.07 Å². The van der Waals surface area contributed by atoms with Crippen molar-refractivity contribution in [3.05, 3.63) is 26.9 Å². The average Bonchev–Trinajstić information content (AvgIpc) is 2.36. The first-order valence-electron chi connectivity index (χ1n) is 6.32. The highest BCUT2D eigenvalue weighted by molar-refractivity contribution is 9.10. The lowest BCUT2D eigenvalue weighted by molar-refractivity contribution is -0.388. The molecule has 7 nitrogen and oxygen atoms in total. The van der Waals surface area contributed by atoms with Gasteiger partial charge in [0.15, 0.2) is 6.20 Å². The van der Waals surface area contributed by atoms with Gasteiger partial charge in [-0.1, -0.05) is 0 Å². The van der Waals surface area contributed by atoms with Gasteiger partial charge < -0.3 is 24.5 Å². The second-order valence-corrected chi connectivity index (χ2v) is 5.94. The maximum atomic E-state index is 11.2. The maximum absolute atomic E-state index is 11.2. The smallest absolute Gasteiger partial charge is 0.375 e. The molecule has 0 amide bonds. The van der Waals surface area contributed by atoms with E-state index in [-0.39, 0.29) is 17.5 Å². The summed E-state index contributed by atoms with van der Waals surface area (Å²) >= 11 is 3.32. The monoisotopic (exact) mass is 343 g/mol. The van der Waals surface area contributed by atoms with E-state index in [2.05, 4.69) is 20.9 Å². The van der Waals surface area contributed by atoms with Crippen molar-refractivity contribution in [1.29, 1.82) is 0 Å². The van der Waals surface area contributed by atoms with E-state index in [9.17, 15) is 10.1 Å². The van der Waals surface area contributed by atoms with Crippen molar-refractivity contribution < 1.29 is 14.4 Å². The van der Waals surface area contributed by atoms with Crippen LogP contribution in [-0.4, -0.2) is 47.9 Å². The largest absolute Gasteiger partial charge is 0.387 e. The Hall–Kier alpha value is -1.25. The van der Waals surface area contributed by atoms with E-state index in [1.165, 1.54) is 6.20 Å². The molecule has 1 spiro atoms. The number of nitrogens with zero attached hydrogens (tertiary/aromatic N) is 3. The molecule has 0 aromatic carbocycles. The highest BCUT2D eigenvalue weighted by Crippen LogP contribution is 2.38. The molecule has 0 saturated carbocycles. The van der Waals surface area contributed by atoms with Crippen LogP contribution in [0.5, 0.6) is 0 Å². The van der Waals surface area contributed by atoms with Gasteiger partial charge >= 0.3 is 5.82 Å². The van der Waals surface area contributed by atoms with Gasteiger partial charge in [-0.25, -0.2) is 0 Å². The van der Waals surface area contributed by atoms with Crippen LogP contribution >= 0.6 is 15.9 Å². The molecule has 2 fully saturated rings. The molecule has 8 heteroatoms. The molecule has 2 saturated heterocycles. The van der Waals surface area contributed by atoms with Crippen LogP contribution < -0.4 is 4.90 Å². The quantitative estimate of drug-likeness (QED) is 0.601. The summed E-state index contributed by atoms with van der Waals surface area (Å²) in [5.41, 5.74) is 0.167. The van der Waals surface area contributed by atoms with Crippen LogP contribution in [0.2, 0.25) is 0 Å². The average molecular weight is 344 g/mol. The maximum Gasteiger partial charge on any atom is 0.387 e. The Morgan fingerprint density at radius 1 is 1.60 bits per heavy atom. The summed E-state index contributed by atoms with van der Waals surface area (Å²) in [6.45, 7) is 4.19. The SMILES string of the molecule is C[C@@H]1N(c2cc(Br)cnc2[N+](=O)[O-])CCOC12COC2. The number of pyridine rings is 1. The molecular weight excluding hydrogens is 330 g/mol. The van der Waals surface area contributed by atoms with Gasteiger partial charge in [0.25, 0.3) is 0 Å². The third-order valence-corrected chi connectivity index (χ3v) is 4.37. The second-order valence-electron chi connectivity index (χ2n) is 5.03. The van der Waals surface area contributed by atoms with Crippen LogP contribution in [0.1, 0.15) is 6.92 Å². The second kappa shape index (κ2) is 4.94. The molecule has 2 aliphatic heterocycles. The number of anilines is 1. The number of ether oxygens (including phenoxy) is 2. The van der Waals surface area contributed by atoms with Gasteiger partial charge in [-0.3, -0.25) is 0 Å². The van der Waals surface area contributed by atoms with Gasteiger partial charge in [-0.15, -0.1) is 0 Å². The molecular formula is C12H14BrN3O4. The summed E-state index contributed by atoms with van der Waals surface area (Å²) in [6.07, 6.45) is 1.44. The zero-order chi connectivity index (χ0) is 14.3. The van der Waals surface area contributed by atoms with Crippen LogP contribution in [0.15, 0.2) is 16.7 Å². The molecule has 3 rings (SSSR count). The molecule has 2 aliphatic rings. The van der Waals surface area contributed by atoms with E-state index >= 15 is 0 Å². The molecule has 108 valence electrons. The molecule has 3 heterocycles. The van der Waals surface area contributed by atoms with Crippen LogP contribution in [0, 0.1) is 10.1 Å². The number of hydrogen-bond donors (Lipinski definition) is 0. The predicted molar refractivity (Wildman–Crippen MR) is 74.9 cm³/mol. The summed E-state index contributed by atoms with van der Waals surface area (Å²) in [6, 6.07) is 1.74. The minimum absolute atomic E-state index is 0.000185. The van der Waals surface area contributed by atoms with Crippen LogP contribution in [0.25, 0.3) is 0 Å². The van der Waals surface area contributed by atoms with Crippen molar-refractivity contribution in [1.82, 2.24) is 4.98 Å². The zero-order valence-corrected chi connectivity index (χ0v) is 12.5. The summed E-state index contributed by atoms with van der Waals surface area (Å²) in [4.78, 5) is 16.6. The molecule has 1 atom stereocenters. The molecule has 1 aromatic rings. The zero-order valence-electron chi connectivity index (χ0n) is 10.9. The summed E-state index contributed by atoms with van der Waals surface area (Å²) in [7, 11) is 0. The van der Waals surface area contributed by atoms with Gasteiger partial charge in [-0.2, -0.15) is 0 Å². The minimum atomic E-state index is -0.450. The lowest BCUT2D eigenvalue weighted by Crippen LogP contribution is -2.68. The van der Waals surface area contributed by atoms with Gasteiger partial charge in [0, 0.05) is 6.54 Å². The van der Waals surface area contributed by atoms with E-state index in [4.69, 9.17) is 9.47 Å². The Morgan fingerprint density at radius 3 is 2.95 bits per heavy atom. The molecule has 0 bridgehead atoms. The Bertz CT molecular complexity index is 550. The summed E-state index contributed by atoms with van der Waals surface area (Å²) in [5, 5.41) is 11.2. The number of nitro groups is 1. The molecule has 20 heavy (non-hydrogen) atoms. The lowest BCUT2D eigenvalue weighted by atomic mass is 9.90. The van der Waals surface area contributed by atoms with Crippen LogP contribution in [-0.2, 0) is 9.47 Å².